The quantitative estimate of drug-likeness (QED) is 0.793. The third kappa shape index (κ3) is 3.27. The number of H-pyrrole nitrogens is 1. The highest BCUT2D eigenvalue weighted by molar-refractivity contribution is 5.84. The van der Waals surface area contributed by atoms with Gasteiger partial charge in [0.05, 0.1) is 6.42 Å². The number of benzene rings is 1. The van der Waals surface area contributed by atoms with Gasteiger partial charge in [0.15, 0.2) is 0 Å². The molecule has 0 unspecified atom stereocenters. The molecule has 1 aliphatic heterocycles. The second-order valence-electron chi connectivity index (χ2n) is 6.62. The highest BCUT2D eigenvalue weighted by atomic mass is 19.1. The number of nitrogens with one attached hydrogen (secondary N) is 1. The van der Waals surface area contributed by atoms with Crippen molar-refractivity contribution in [2.45, 2.75) is 25.2 Å². The number of likely N-dealkylation sites (tertiary alicyclic amines) is 1. The molecule has 4 rings (SSSR count). The molecule has 0 saturated carbocycles. The lowest BCUT2D eigenvalue weighted by Crippen LogP contribution is -2.38. The molecular weight excluding hydrogens is 317 g/mol. The zero-order valence-corrected chi connectivity index (χ0v) is 13.9. The highest BCUT2D eigenvalue weighted by Crippen LogP contribution is 2.33. The van der Waals surface area contributed by atoms with Crippen molar-refractivity contribution in [2.24, 2.45) is 0 Å². The predicted octanol–water partition coefficient (Wildman–Crippen LogP) is 3.65. The smallest absolute Gasteiger partial charge is 0.226 e. The molecule has 4 nitrogen and oxygen atoms in total. The molecule has 1 amide bonds. The van der Waals surface area contributed by atoms with E-state index in [4.69, 9.17) is 0 Å². The van der Waals surface area contributed by atoms with Gasteiger partial charge in [0, 0.05) is 42.6 Å². The highest BCUT2D eigenvalue weighted by Gasteiger charge is 2.25. The SMILES string of the molecule is O=C(Cc1ccncc1)N1CCC(c2c[nH]c3cc(F)ccc23)CC1. The maximum atomic E-state index is 13.3. The van der Waals surface area contributed by atoms with E-state index in [1.165, 1.54) is 17.7 Å². The molecule has 5 heteroatoms. The Balaban J connectivity index is 1.41. The summed E-state index contributed by atoms with van der Waals surface area (Å²) in [4.78, 5) is 21.6. The lowest BCUT2D eigenvalue weighted by Gasteiger charge is -2.32. The normalized spacial score (nSPS) is 15.6. The third-order valence-electron chi connectivity index (χ3n) is 5.07. The fraction of sp³-hybridized carbons (Fsp3) is 0.300. The van der Waals surface area contributed by atoms with Crippen LogP contribution >= 0.6 is 0 Å². The first kappa shape index (κ1) is 15.8. The average Bonchev–Trinajstić information content (AvgIpc) is 3.05. The summed E-state index contributed by atoms with van der Waals surface area (Å²) in [5.41, 5.74) is 3.07. The van der Waals surface area contributed by atoms with Crippen molar-refractivity contribution in [3.8, 4) is 0 Å². The fourth-order valence-electron chi connectivity index (χ4n) is 3.69. The maximum absolute atomic E-state index is 13.3. The summed E-state index contributed by atoms with van der Waals surface area (Å²) in [5.74, 6) is 0.354. The van der Waals surface area contributed by atoms with Crippen LogP contribution in [0.5, 0.6) is 0 Å². The summed E-state index contributed by atoms with van der Waals surface area (Å²) >= 11 is 0. The molecule has 1 fully saturated rings. The summed E-state index contributed by atoms with van der Waals surface area (Å²) in [6.07, 6.45) is 7.73. The van der Waals surface area contributed by atoms with E-state index in [1.54, 1.807) is 12.4 Å². The number of hydrogen-bond donors (Lipinski definition) is 1. The van der Waals surface area contributed by atoms with Crippen LogP contribution in [0, 0.1) is 5.82 Å². The van der Waals surface area contributed by atoms with Crippen molar-refractivity contribution >= 4 is 16.8 Å². The number of aromatic amines is 1. The van der Waals surface area contributed by atoms with E-state index >= 15 is 0 Å². The van der Waals surface area contributed by atoms with E-state index in [0.29, 0.717) is 12.3 Å². The molecule has 3 aromatic rings. The van der Waals surface area contributed by atoms with Crippen molar-refractivity contribution in [1.82, 2.24) is 14.9 Å². The molecule has 0 aliphatic carbocycles. The molecule has 25 heavy (non-hydrogen) atoms. The van der Waals surface area contributed by atoms with Gasteiger partial charge in [-0.05, 0) is 60.2 Å². The van der Waals surface area contributed by atoms with Crippen LogP contribution < -0.4 is 0 Å². The van der Waals surface area contributed by atoms with Gasteiger partial charge in [0.25, 0.3) is 0 Å². The number of nitrogens with zero attached hydrogens (tertiary/aromatic N) is 2. The van der Waals surface area contributed by atoms with Crippen LogP contribution in [0.3, 0.4) is 0 Å². The minimum atomic E-state index is -0.225. The second-order valence-corrected chi connectivity index (χ2v) is 6.62. The van der Waals surface area contributed by atoms with Crippen LogP contribution in [-0.4, -0.2) is 33.9 Å². The topological polar surface area (TPSA) is 49.0 Å². The van der Waals surface area contributed by atoms with Gasteiger partial charge >= 0.3 is 0 Å². The number of rotatable bonds is 3. The maximum Gasteiger partial charge on any atom is 0.226 e. The molecule has 3 heterocycles. The Hall–Kier alpha value is -2.69. The van der Waals surface area contributed by atoms with Crippen LogP contribution in [-0.2, 0) is 11.2 Å². The van der Waals surface area contributed by atoms with Crippen molar-refractivity contribution in [3.63, 3.8) is 0 Å². The number of carbonyl (C=O) groups is 1. The van der Waals surface area contributed by atoms with Gasteiger partial charge in [-0.25, -0.2) is 4.39 Å². The number of carbonyl (C=O) groups excluding carboxylic acids is 1. The van der Waals surface area contributed by atoms with Gasteiger partial charge < -0.3 is 9.88 Å². The Bertz CT molecular complexity index is 882. The first-order valence-electron chi connectivity index (χ1n) is 8.64. The largest absolute Gasteiger partial charge is 0.361 e. The zero-order valence-electron chi connectivity index (χ0n) is 13.9. The molecule has 0 atom stereocenters. The summed E-state index contributed by atoms with van der Waals surface area (Å²) in [5, 5.41) is 1.09. The van der Waals surface area contributed by atoms with Crippen molar-refractivity contribution in [3.05, 3.63) is 65.9 Å². The predicted molar refractivity (Wildman–Crippen MR) is 94.8 cm³/mol. The Morgan fingerprint density at radius 1 is 1.20 bits per heavy atom. The molecule has 0 spiro atoms. The number of piperidine rings is 1. The summed E-state index contributed by atoms with van der Waals surface area (Å²) in [7, 11) is 0. The van der Waals surface area contributed by atoms with E-state index in [-0.39, 0.29) is 11.7 Å². The monoisotopic (exact) mass is 337 g/mol. The molecule has 128 valence electrons. The number of halogens is 1. The van der Waals surface area contributed by atoms with Crippen LogP contribution in [0.1, 0.15) is 29.9 Å². The number of amides is 1. The van der Waals surface area contributed by atoms with Gasteiger partial charge in [0.2, 0.25) is 5.91 Å². The summed E-state index contributed by atoms with van der Waals surface area (Å²) in [6, 6.07) is 8.65. The van der Waals surface area contributed by atoms with E-state index in [9.17, 15) is 9.18 Å². The van der Waals surface area contributed by atoms with E-state index in [1.807, 2.05) is 29.3 Å². The molecule has 1 aliphatic rings. The Morgan fingerprint density at radius 3 is 2.72 bits per heavy atom. The molecule has 1 aromatic carbocycles. The minimum absolute atomic E-state index is 0.172. The minimum Gasteiger partial charge on any atom is -0.361 e. The number of pyridine rings is 1. The van der Waals surface area contributed by atoms with E-state index in [2.05, 4.69) is 9.97 Å². The van der Waals surface area contributed by atoms with Gasteiger partial charge in [-0.2, -0.15) is 0 Å². The Morgan fingerprint density at radius 2 is 1.96 bits per heavy atom. The first-order valence-corrected chi connectivity index (χ1v) is 8.64. The lowest BCUT2D eigenvalue weighted by molar-refractivity contribution is -0.131. The number of aromatic nitrogens is 2. The third-order valence-corrected chi connectivity index (χ3v) is 5.07. The molecule has 0 bridgehead atoms. The van der Waals surface area contributed by atoms with Crippen LogP contribution in [0.25, 0.3) is 10.9 Å². The molecule has 1 saturated heterocycles. The standard InChI is InChI=1S/C20H20FN3O/c21-16-1-2-17-18(13-23-19(17)12-16)15-5-9-24(10-6-15)20(25)11-14-3-7-22-8-4-14/h1-4,7-8,12-13,15,23H,5-6,9-11H2. The van der Waals surface area contributed by atoms with E-state index in [0.717, 1.165) is 42.4 Å². The lowest BCUT2D eigenvalue weighted by atomic mass is 9.89. The van der Waals surface area contributed by atoms with Gasteiger partial charge in [-0.1, -0.05) is 0 Å². The van der Waals surface area contributed by atoms with Gasteiger partial charge in [0.1, 0.15) is 5.82 Å². The second kappa shape index (κ2) is 6.67. The Kier molecular flexibility index (Phi) is 4.22. The first-order chi connectivity index (χ1) is 12.2. The number of hydrogen-bond acceptors (Lipinski definition) is 2. The molecule has 2 aromatic heterocycles. The molecule has 0 radical (unpaired) electrons. The van der Waals surface area contributed by atoms with Crippen molar-refractivity contribution in [1.29, 1.82) is 0 Å². The summed E-state index contributed by atoms with van der Waals surface area (Å²) < 4.78 is 13.3. The van der Waals surface area contributed by atoms with Gasteiger partial charge in [-0.3, -0.25) is 9.78 Å². The average molecular weight is 337 g/mol. The van der Waals surface area contributed by atoms with Gasteiger partial charge in [-0.15, -0.1) is 0 Å². The molecular formula is C20H20FN3O. The van der Waals surface area contributed by atoms with E-state index < -0.39 is 0 Å². The number of fused-ring (bicyclic) bond motifs is 1. The zero-order chi connectivity index (χ0) is 17.2. The van der Waals surface area contributed by atoms with Crippen LogP contribution in [0.4, 0.5) is 4.39 Å². The van der Waals surface area contributed by atoms with Crippen molar-refractivity contribution < 1.29 is 9.18 Å². The molecule has 1 N–H and O–H groups in total. The summed E-state index contributed by atoms with van der Waals surface area (Å²) in [6.45, 7) is 1.53. The van der Waals surface area contributed by atoms with Crippen LogP contribution in [0.15, 0.2) is 48.9 Å². The fourth-order valence-corrected chi connectivity index (χ4v) is 3.69. The van der Waals surface area contributed by atoms with Crippen molar-refractivity contribution in [2.75, 3.05) is 13.1 Å². The Labute approximate surface area is 145 Å². The van der Waals surface area contributed by atoms with Crippen LogP contribution in [0.2, 0.25) is 0 Å².